The zero-order chi connectivity index (χ0) is 25.4. The Morgan fingerprint density at radius 2 is 1.83 bits per heavy atom. The van der Waals surface area contributed by atoms with Gasteiger partial charge in [0, 0.05) is 44.6 Å². The van der Waals surface area contributed by atoms with Gasteiger partial charge in [0.15, 0.2) is 5.66 Å². The number of urea groups is 1. The number of hydrogen-bond donors (Lipinski definition) is 2. The van der Waals surface area contributed by atoms with Crippen LogP contribution in [-0.4, -0.2) is 91.1 Å². The Balaban J connectivity index is 1.80. The fraction of sp³-hybridized carbons (Fsp3) is 0.783. The van der Waals surface area contributed by atoms with E-state index in [0.717, 1.165) is 30.5 Å². The number of amides is 3. The van der Waals surface area contributed by atoms with Crippen molar-refractivity contribution >= 4 is 29.6 Å². The van der Waals surface area contributed by atoms with Gasteiger partial charge in [-0.05, 0) is 42.6 Å². The van der Waals surface area contributed by atoms with Crippen molar-refractivity contribution in [2.75, 3.05) is 52.7 Å². The highest BCUT2D eigenvalue weighted by Gasteiger charge is 2.44. The maximum absolute atomic E-state index is 13.5. The number of hydrogen-bond acceptors (Lipinski definition) is 8. The van der Waals surface area contributed by atoms with E-state index in [-0.39, 0.29) is 35.3 Å². The predicted molar refractivity (Wildman–Crippen MR) is 130 cm³/mol. The SMILES string of the molecule is CC(C)CC(=O)c1oc(SCCN(C)C)n[n+]1C(=O)NC1(NC(=O)N2CCOCC2)CCCCC1. The monoisotopic (exact) mass is 511 g/mol. The molecule has 2 aliphatic rings. The third-order valence-electron chi connectivity index (χ3n) is 6.04. The molecule has 1 aromatic rings. The zero-order valence-corrected chi connectivity index (χ0v) is 22.1. The van der Waals surface area contributed by atoms with Crippen LogP contribution in [0, 0.1) is 5.92 Å². The summed E-state index contributed by atoms with van der Waals surface area (Å²) in [5.41, 5.74) is -0.909. The van der Waals surface area contributed by atoms with E-state index in [9.17, 15) is 14.4 Å². The van der Waals surface area contributed by atoms with Crippen LogP contribution in [0.4, 0.5) is 9.59 Å². The van der Waals surface area contributed by atoms with Gasteiger partial charge in [0.2, 0.25) is 5.78 Å². The Kier molecular flexibility index (Phi) is 9.93. The summed E-state index contributed by atoms with van der Waals surface area (Å²) in [6.07, 6.45) is 4.23. The molecule has 35 heavy (non-hydrogen) atoms. The van der Waals surface area contributed by atoms with Crippen molar-refractivity contribution in [3.63, 3.8) is 0 Å². The first-order valence-electron chi connectivity index (χ1n) is 12.4. The predicted octanol–water partition coefficient (Wildman–Crippen LogP) is 2.10. The minimum Gasteiger partial charge on any atom is -0.390 e. The Bertz CT molecular complexity index is 878. The van der Waals surface area contributed by atoms with Crippen LogP contribution in [0.1, 0.15) is 63.1 Å². The Labute approximate surface area is 211 Å². The molecule has 0 spiro atoms. The molecule has 1 saturated heterocycles. The number of nitrogens with one attached hydrogen (secondary N) is 2. The van der Waals surface area contributed by atoms with Crippen LogP contribution in [-0.2, 0) is 4.74 Å². The molecular weight excluding hydrogens is 472 g/mol. The van der Waals surface area contributed by atoms with Gasteiger partial charge in [-0.25, -0.2) is 10.1 Å². The molecule has 3 rings (SSSR count). The Morgan fingerprint density at radius 1 is 1.14 bits per heavy atom. The van der Waals surface area contributed by atoms with Crippen molar-refractivity contribution in [2.24, 2.45) is 5.92 Å². The molecule has 11 nitrogen and oxygen atoms in total. The quantitative estimate of drug-likeness (QED) is 0.224. The van der Waals surface area contributed by atoms with Crippen molar-refractivity contribution in [2.45, 2.75) is 63.3 Å². The van der Waals surface area contributed by atoms with Crippen LogP contribution in [0.15, 0.2) is 9.64 Å². The number of thioether (sulfide) groups is 1. The van der Waals surface area contributed by atoms with Crippen LogP contribution < -0.4 is 15.3 Å². The van der Waals surface area contributed by atoms with Crippen molar-refractivity contribution in [1.82, 2.24) is 25.5 Å². The maximum atomic E-state index is 13.5. The van der Waals surface area contributed by atoms with Gasteiger partial charge in [-0.3, -0.25) is 10.1 Å². The zero-order valence-electron chi connectivity index (χ0n) is 21.3. The molecule has 0 unspecified atom stereocenters. The van der Waals surface area contributed by atoms with Gasteiger partial charge in [-0.2, -0.15) is 4.79 Å². The molecule has 1 aliphatic heterocycles. The van der Waals surface area contributed by atoms with Gasteiger partial charge < -0.3 is 19.0 Å². The summed E-state index contributed by atoms with van der Waals surface area (Å²) in [6, 6.07) is -0.804. The van der Waals surface area contributed by atoms with Crippen LogP contribution in [0.25, 0.3) is 0 Å². The topological polar surface area (TPSA) is 121 Å². The standard InChI is InChI=1S/C23H38N6O5S/c1-17(2)16-18(30)19-29(26-22(34-19)35-15-12-27(3)4)21(32)25-23(8-6-5-7-9-23)24-20(31)28-10-13-33-14-11-28/h17H,5-16H2,1-4H3,(H-,24,25,31,32)/p+1. The molecule has 196 valence electrons. The molecule has 12 heteroatoms. The van der Waals surface area contributed by atoms with E-state index in [1.54, 1.807) is 4.90 Å². The van der Waals surface area contributed by atoms with Gasteiger partial charge in [-0.15, -0.1) is 0 Å². The van der Waals surface area contributed by atoms with Crippen LogP contribution in [0.5, 0.6) is 0 Å². The van der Waals surface area contributed by atoms with E-state index < -0.39 is 11.7 Å². The first kappa shape index (κ1) is 27.4. The largest absolute Gasteiger partial charge is 0.522 e. The van der Waals surface area contributed by atoms with Crippen molar-refractivity contribution in [3.8, 4) is 0 Å². The minimum absolute atomic E-state index is 0.0889. The first-order valence-corrected chi connectivity index (χ1v) is 13.4. The fourth-order valence-corrected chi connectivity index (χ4v) is 5.07. The summed E-state index contributed by atoms with van der Waals surface area (Å²) in [5, 5.41) is 10.7. The number of ketones is 1. The van der Waals surface area contributed by atoms with Gasteiger partial charge in [0.25, 0.3) is 5.22 Å². The van der Waals surface area contributed by atoms with E-state index >= 15 is 0 Å². The number of ether oxygens (including phenoxy) is 1. The summed E-state index contributed by atoms with van der Waals surface area (Å²) in [5.74, 6) is 0.435. The number of aromatic nitrogens is 2. The van der Waals surface area contributed by atoms with E-state index in [1.165, 1.54) is 11.8 Å². The number of morpholine rings is 1. The third kappa shape index (κ3) is 7.91. The van der Waals surface area contributed by atoms with Gasteiger partial charge in [0.1, 0.15) is 0 Å². The smallest absolute Gasteiger partial charge is 0.390 e. The second kappa shape index (κ2) is 12.7. The highest BCUT2D eigenvalue weighted by Crippen LogP contribution is 2.26. The van der Waals surface area contributed by atoms with E-state index in [4.69, 9.17) is 9.15 Å². The highest BCUT2D eigenvalue weighted by molar-refractivity contribution is 7.99. The molecule has 0 atom stereocenters. The van der Waals surface area contributed by atoms with Crippen molar-refractivity contribution in [1.29, 1.82) is 0 Å². The number of carbonyl (C=O) groups excluding carboxylic acids is 3. The van der Waals surface area contributed by atoms with Gasteiger partial charge in [0.05, 0.1) is 13.2 Å². The van der Waals surface area contributed by atoms with Crippen LogP contribution in [0.3, 0.4) is 0 Å². The summed E-state index contributed by atoms with van der Waals surface area (Å²) >= 11 is 1.35. The highest BCUT2D eigenvalue weighted by atomic mass is 32.2. The summed E-state index contributed by atoms with van der Waals surface area (Å²) < 4.78 is 12.1. The molecule has 0 aromatic carbocycles. The molecular formula is C23H39N6O5S+. The first-order chi connectivity index (χ1) is 16.7. The Hall–Kier alpha value is -2.18. The Morgan fingerprint density at radius 3 is 2.46 bits per heavy atom. The second-order valence-electron chi connectivity index (χ2n) is 9.86. The van der Waals surface area contributed by atoms with E-state index in [2.05, 4.69) is 15.7 Å². The normalized spacial score (nSPS) is 18.1. The summed E-state index contributed by atoms with van der Waals surface area (Å²) in [6.45, 7) is 6.68. The van der Waals surface area contributed by atoms with E-state index in [0.29, 0.717) is 44.9 Å². The summed E-state index contributed by atoms with van der Waals surface area (Å²) in [7, 11) is 3.94. The third-order valence-corrected chi connectivity index (χ3v) is 6.84. The minimum atomic E-state index is -0.909. The molecule has 2 heterocycles. The number of Topliss-reactive ketones (excluding diaryl/α,β-unsaturated/α-hetero) is 1. The lowest BCUT2D eigenvalue weighted by atomic mass is 9.89. The lowest BCUT2D eigenvalue weighted by molar-refractivity contribution is -0.641. The fourth-order valence-electron chi connectivity index (χ4n) is 4.16. The lowest BCUT2D eigenvalue weighted by Crippen LogP contribution is -2.69. The van der Waals surface area contributed by atoms with Crippen molar-refractivity contribution in [3.05, 3.63) is 5.89 Å². The van der Waals surface area contributed by atoms with Gasteiger partial charge in [-0.1, -0.05) is 32.0 Å². The lowest BCUT2D eigenvalue weighted by Gasteiger charge is -2.36. The molecule has 0 bridgehead atoms. The molecule has 0 radical (unpaired) electrons. The second-order valence-corrected chi connectivity index (χ2v) is 10.9. The molecule has 3 amide bonds. The van der Waals surface area contributed by atoms with Crippen LogP contribution >= 0.6 is 11.8 Å². The average molecular weight is 512 g/mol. The summed E-state index contributed by atoms with van der Waals surface area (Å²) in [4.78, 5) is 43.1. The van der Waals surface area contributed by atoms with Crippen LogP contribution in [0.2, 0.25) is 0 Å². The number of nitrogens with zero attached hydrogens (tertiary/aromatic N) is 4. The van der Waals surface area contributed by atoms with E-state index in [1.807, 2.05) is 32.8 Å². The molecule has 1 aromatic heterocycles. The average Bonchev–Trinajstić information content (AvgIpc) is 3.24. The molecule has 1 aliphatic carbocycles. The maximum Gasteiger partial charge on any atom is 0.522 e. The van der Waals surface area contributed by atoms with Gasteiger partial charge >= 0.3 is 18.0 Å². The molecule has 2 fully saturated rings. The number of rotatable bonds is 9. The molecule has 1 saturated carbocycles. The van der Waals surface area contributed by atoms with Crippen molar-refractivity contribution < 1.29 is 28.2 Å². The molecule has 2 N–H and O–H groups in total. The number of carbonyl (C=O) groups is 3.